The number of hydrogen-bond donors (Lipinski definition) is 2. The summed E-state index contributed by atoms with van der Waals surface area (Å²) in [6.45, 7) is 3.67. The first-order chi connectivity index (χ1) is 18.4. The Kier molecular flexibility index (Phi) is 9.80. The molecule has 1 saturated heterocycles. The molecule has 1 atom stereocenters. The molecule has 2 amide bonds. The van der Waals surface area contributed by atoms with Gasteiger partial charge < -0.3 is 15.0 Å². The van der Waals surface area contributed by atoms with Gasteiger partial charge in [0.15, 0.2) is 0 Å². The number of nitrogens with one attached hydrogen (secondary N) is 2. The van der Waals surface area contributed by atoms with Crippen LogP contribution in [0.5, 0.6) is 0 Å². The Labute approximate surface area is 234 Å². The lowest BCUT2D eigenvalue weighted by atomic mass is 9.80. The summed E-state index contributed by atoms with van der Waals surface area (Å²) in [7, 11) is 0. The van der Waals surface area contributed by atoms with Crippen LogP contribution in [0.2, 0.25) is 10.0 Å². The van der Waals surface area contributed by atoms with Crippen LogP contribution in [0.3, 0.4) is 0 Å². The third kappa shape index (κ3) is 7.35. The summed E-state index contributed by atoms with van der Waals surface area (Å²) in [6, 6.07) is 24.7. The fraction of sp³-hybridized carbons (Fsp3) is 0.333. The number of benzene rings is 3. The normalized spacial score (nSPS) is 15.6. The van der Waals surface area contributed by atoms with Crippen LogP contribution in [0, 0.1) is 0 Å². The van der Waals surface area contributed by atoms with E-state index in [1.807, 2.05) is 71.6 Å². The van der Waals surface area contributed by atoms with Crippen molar-refractivity contribution in [2.45, 2.75) is 44.5 Å². The third-order valence-electron chi connectivity index (χ3n) is 6.90. The van der Waals surface area contributed by atoms with Gasteiger partial charge in [0.1, 0.15) is 6.04 Å². The van der Waals surface area contributed by atoms with E-state index in [2.05, 4.69) is 10.6 Å². The quantitative estimate of drug-likeness (QED) is 0.356. The molecule has 0 spiro atoms. The molecule has 0 radical (unpaired) electrons. The average Bonchev–Trinajstić information content (AvgIpc) is 2.93. The van der Waals surface area contributed by atoms with Crippen molar-refractivity contribution in [3.8, 4) is 0 Å². The number of nitrogens with zero attached hydrogens (tertiary/aromatic N) is 1. The van der Waals surface area contributed by atoms with Crippen LogP contribution >= 0.6 is 23.2 Å². The van der Waals surface area contributed by atoms with Gasteiger partial charge >= 0.3 is 0 Å². The summed E-state index contributed by atoms with van der Waals surface area (Å²) in [6.07, 6.45) is 1.26. The molecule has 4 rings (SSSR count). The first kappa shape index (κ1) is 28.1. The van der Waals surface area contributed by atoms with Gasteiger partial charge in [0, 0.05) is 26.6 Å². The summed E-state index contributed by atoms with van der Waals surface area (Å²) < 4.78 is 5.97. The first-order valence-electron chi connectivity index (χ1n) is 12.8. The Bertz CT molecular complexity index is 1220. The van der Waals surface area contributed by atoms with Crippen molar-refractivity contribution in [2.24, 2.45) is 0 Å². The SMILES string of the molecule is CC(=O)NC1(c2ccccc2)CCN(C(=O)[C@H](COCc2ccccc2)NCc2ccc(Cl)c(Cl)c2)CC1. The Morgan fingerprint density at radius 3 is 2.21 bits per heavy atom. The molecule has 6 nitrogen and oxygen atoms in total. The van der Waals surface area contributed by atoms with E-state index in [1.54, 1.807) is 12.1 Å². The van der Waals surface area contributed by atoms with E-state index in [-0.39, 0.29) is 18.4 Å². The molecule has 0 saturated carbocycles. The Morgan fingerprint density at radius 2 is 1.58 bits per heavy atom. The van der Waals surface area contributed by atoms with Crippen LogP contribution in [0.25, 0.3) is 0 Å². The topological polar surface area (TPSA) is 70.7 Å². The van der Waals surface area contributed by atoms with Crippen molar-refractivity contribution in [2.75, 3.05) is 19.7 Å². The van der Waals surface area contributed by atoms with Crippen molar-refractivity contribution < 1.29 is 14.3 Å². The summed E-state index contributed by atoms with van der Waals surface area (Å²) in [4.78, 5) is 27.6. The third-order valence-corrected chi connectivity index (χ3v) is 7.64. The highest BCUT2D eigenvalue weighted by atomic mass is 35.5. The molecule has 0 bridgehead atoms. The molecule has 0 aromatic heterocycles. The van der Waals surface area contributed by atoms with Crippen molar-refractivity contribution in [3.63, 3.8) is 0 Å². The van der Waals surface area contributed by atoms with Crippen molar-refractivity contribution in [1.29, 1.82) is 0 Å². The second kappa shape index (κ2) is 13.3. The van der Waals surface area contributed by atoms with Crippen molar-refractivity contribution in [1.82, 2.24) is 15.5 Å². The average molecular weight is 555 g/mol. The zero-order valence-corrected chi connectivity index (χ0v) is 23.0. The zero-order valence-electron chi connectivity index (χ0n) is 21.5. The largest absolute Gasteiger partial charge is 0.375 e. The number of piperidine rings is 1. The van der Waals surface area contributed by atoms with Crippen LogP contribution in [0.1, 0.15) is 36.5 Å². The number of amides is 2. The molecule has 8 heteroatoms. The lowest BCUT2D eigenvalue weighted by molar-refractivity contribution is -0.137. The number of ether oxygens (including phenoxy) is 1. The highest BCUT2D eigenvalue weighted by molar-refractivity contribution is 6.42. The lowest BCUT2D eigenvalue weighted by Crippen LogP contribution is -2.57. The van der Waals surface area contributed by atoms with Crippen LogP contribution in [-0.4, -0.2) is 42.5 Å². The van der Waals surface area contributed by atoms with Gasteiger partial charge in [-0.1, -0.05) is 89.9 Å². The smallest absolute Gasteiger partial charge is 0.242 e. The highest BCUT2D eigenvalue weighted by Crippen LogP contribution is 2.33. The summed E-state index contributed by atoms with van der Waals surface area (Å²) in [5, 5.41) is 7.49. The minimum absolute atomic E-state index is 0.0254. The van der Waals surface area contributed by atoms with Gasteiger partial charge in [0.25, 0.3) is 0 Å². The van der Waals surface area contributed by atoms with E-state index < -0.39 is 11.6 Å². The van der Waals surface area contributed by atoms with E-state index in [4.69, 9.17) is 27.9 Å². The van der Waals surface area contributed by atoms with Crippen LogP contribution in [-0.2, 0) is 33.0 Å². The summed E-state index contributed by atoms with van der Waals surface area (Å²) in [5.41, 5.74) is 2.54. The number of carbonyl (C=O) groups is 2. The maximum atomic E-state index is 13.7. The second-order valence-electron chi connectivity index (χ2n) is 9.64. The summed E-state index contributed by atoms with van der Waals surface area (Å²) >= 11 is 12.3. The van der Waals surface area contributed by atoms with Crippen molar-refractivity contribution in [3.05, 3.63) is 106 Å². The monoisotopic (exact) mass is 553 g/mol. The van der Waals surface area contributed by atoms with Crippen molar-refractivity contribution >= 4 is 35.0 Å². The lowest BCUT2D eigenvalue weighted by Gasteiger charge is -2.43. The molecule has 0 aliphatic carbocycles. The fourth-order valence-corrected chi connectivity index (χ4v) is 5.21. The van der Waals surface area contributed by atoms with Crippen LogP contribution < -0.4 is 10.6 Å². The Balaban J connectivity index is 1.44. The van der Waals surface area contributed by atoms with Gasteiger partial charge in [-0.3, -0.25) is 14.9 Å². The molecular formula is C30H33Cl2N3O3. The van der Waals surface area contributed by atoms with Gasteiger partial charge in [-0.2, -0.15) is 0 Å². The van der Waals surface area contributed by atoms with Crippen LogP contribution in [0.15, 0.2) is 78.9 Å². The molecule has 1 heterocycles. The number of halogens is 2. The molecule has 1 aliphatic rings. The zero-order chi connectivity index (χ0) is 27.0. The first-order valence-corrected chi connectivity index (χ1v) is 13.5. The predicted octanol–water partition coefficient (Wildman–Crippen LogP) is 5.32. The van der Waals surface area contributed by atoms with Gasteiger partial charge in [0.05, 0.1) is 28.8 Å². The minimum Gasteiger partial charge on any atom is -0.375 e. The number of likely N-dealkylation sites (tertiary alicyclic amines) is 1. The molecule has 3 aromatic rings. The minimum atomic E-state index is -0.543. The number of carbonyl (C=O) groups excluding carboxylic acids is 2. The number of rotatable bonds is 10. The fourth-order valence-electron chi connectivity index (χ4n) is 4.89. The van der Waals surface area contributed by atoms with E-state index in [9.17, 15) is 9.59 Å². The predicted molar refractivity (Wildman–Crippen MR) is 151 cm³/mol. The Hall–Kier alpha value is -2.90. The molecule has 38 heavy (non-hydrogen) atoms. The van der Waals surface area contributed by atoms with Gasteiger partial charge in [-0.25, -0.2) is 0 Å². The molecular weight excluding hydrogens is 521 g/mol. The maximum Gasteiger partial charge on any atom is 0.242 e. The van der Waals surface area contributed by atoms with Gasteiger partial charge in [-0.05, 0) is 41.7 Å². The Morgan fingerprint density at radius 1 is 0.921 bits per heavy atom. The molecule has 1 fully saturated rings. The maximum absolute atomic E-state index is 13.7. The molecule has 2 N–H and O–H groups in total. The van der Waals surface area contributed by atoms with E-state index in [1.165, 1.54) is 6.92 Å². The standard InChI is InChI=1S/C30H33Cl2N3O3/c1-22(36)34-30(25-10-6-3-7-11-25)14-16-35(17-15-30)29(37)28(21-38-20-23-8-4-2-5-9-23)33-19-24-12-13-26(31)27(32)18-24/h2-13,18,28,33H,14-17,19-21H2,1H3,(H,34,36)/t28-/m0/s1. The van der Waals surface area contributed by atoms with E-state index in [0.717, 1.165) is 16.7 Å². The second-order valence-corrected chi connectivity index (χ2v) is 10.5. The highest BCUT2D eigenvalue weighted by Gasteiger charge is 2.39. The van der Waals surface area contributed by atoms with E-state index >= 15 is 0 Å². The van der Waals surface area contributed by atoms with Crippen LogP contribution in [0.4, 0.5) is 0 Å². The molecule has 1 aliphatic heterocycles. The van der Waals surface area contributed by atoms with E-state index in [0.29, 0.717) is 49.1 Å². The van der Waals surface area contributed by atoms with Gasteiger partial charge in [0.2, 0.25) is 11.8 Å². The molecule has 200 valence electrons. The van der Waals surface area contributed by atoms with Gasteiger partial charge in [-0.15, -0.1) is 0 Å². The summed E-state index contributed by atoms with van der Waals surface area (Å²) in [5.74, 6) is -0.105. The molecule has 0 unspecified atom stereocenters. The number of hydrogen-bond acceptors (Lipinski definition) is 4. The molecule has 3 aromatic carbocycles.